The molecule has 2 rings (SSSR count). The van der Waals surface area contributed by atoms with Crippen molar-refractivity contribution in [3.63, 3.8) is 0 Å². The number of amides is 1. The minimum atomic E-state index is 0.0427. The summed E-state index contributed by atoms with van der Waals surface area (Å²) >= 11 is 0. The zero-order chi connectivity index (χ0) is 14.4. The van der Waals surface area contributed by atoms with Gasteiger partial charge in [0.05, 0.1) is 0 Å². The number of nitrogens with one attached hydrogen (secondary N) is 1. The van der Waals surface area contributed by atoms with Crippen LogP contribution in [0.1, 0.15) is 36.0 Å². The van der Waals surface area contributed by atoms with Crippen LogP contribution in [0, 0.1) is 0 Å². The Morgan fingerprint density at radius 2 is 2.00 bits per heavy atom. The summed E-state index contributed by atoms with van der Waals surface area (Å²) in [6.45, 7) is 1.57. The van der Waals surface area contributed by atoms with Gasteiger partial charge in [-0.1, -0.05) is 30.3 Å². The first-order chi connectivity index (χ1) is 9.70. The van der Waals surface area contributed by atoms with Crippen LogP contribution in [0.4, 0.5) is 0 Å². The van der Waals surface area contributed by atoms with Crippen LogP contribution in [0.25, 0.3) is 0 Å². The molecule has 4 heteroatoms. The molecular formula is C16H22N2O2. The van der Waals surface area contributed by atoms with Crippen LogP contribution in [0.5, 0.6) is 0 Å². The molecule has 20 heavy (non-hydrogen) atoms. The third-order valence-electron chi connectivity index (χ3n) is 3.84. The molecule has 0 radical (unpaired) electrons. The molecule has 0 bridgehead atoms. The molecule has 1 aromatic rings. The van der Waals surface area contributed by atoms with Crippen molar-refractivity contribution >= 4 is 11.7 Å². The largest absolute Gasteiger partial charge is 0.341 e. The first-order valence-corrected chi connectivity index (χ1v) is 7.24. The maximum atomic E-state index is 12.1. The van der Waals surface area contributed by atoms with Gasteiger partial charge in [-0.05, 0) is 19.9 Å². The van der Waals surface area contributed by atoms with Gasteiger partial charge in [0.1, 0.15) is 0 Å². The molecule has 1 amide bonds. The highest BCUT2D eigenvalue weighted by Gasteiger charge is 2.22. The zero-order valence-corrected chi connectivity index (χ0v) is 12.0. The van der Waals surface area contributed by atoms with Crippen LogP contribution in [0.2, 0.25) is 0 Å². The highest BCUT2D eigenvalue weighted by atomic mass is 16.2. The Kier molecular flexibility index (Phi) is 5.30. The van der Waals surface area contributed by atoms with Gasteiger partial charge in [-0.15, -0.1) is 0 Å². The van der Waals surface area contributed by atoms with Crippen molar-refractivity contribution in [1.82, 2.24) is 10.2 Å². The summed E-state index contributed by atoms with van der Waals surface area (Å²) in [5.41, 5.74) is 0.687. The van der Waals surface area contributed by atoms with Gasteiger partial charge in [0.15, 0.2) is 5.78 Å². The minimum Gasteiger partial charge on any atom is -0.341 e. The lowest BCUT2D eigenvalue weighted by Crippen LogP contribution is -2.47. The number of nitrogens with zero attached hydrogens (tertiary/aromatic N) is 1. The van der Waals surface area contributed by atoms with Crippen molar-refractivity contribution in [2.75, 3.05) is 20.1 Å². The molecule has 1 saturated heterocycles. The van der Waals surface area contributed by atoms with E-state index in [2.05, 4.69) is 5.32 Å². The molecular weight excluding hydrogens is 252 g/mol. The predicted octanol–water partition coefficient (Wildman–Crippen LogP) is 1.86. The molecule has 1 aliphatic heterocycles. The van der Waals surface area contributed by atoms with E-state index < -0.39 is 0 Å². The lowest BCUT2D eigenvalue weighted by Gasteiger charge is -2.32. The summed E-state index contributed by atoms with van der Waals surface area (Å²) in [5, 5.41) is 3.22. The lowest BCUT2D eigenvalue weighted by atomic mass is 10.0. The number of rotatable bonds is 5. The number of likely N-dealkylation sites (N-methyl/N-ethyl adjacent to an activating group) is 1. The quantitative estimate of drug-likeness (QED) is 0.834. The first kappa shape index (κ1) is 14.7. The normalized spacial score (nSPS) is 18.9. The Labute approximate surface area is 120 Å². The lowest BCUT2D eigenvalue weighted by molar-refractivity contribution is -0.132. The van der Waals surface area contributed by atoms with Crippen molar-refractivity contribution in [2.24, 2.45) is 0 Å². The van der Waals surface area contributed by atoms with Crippen molar-refractivity contribution < 1.29 is 9.59 Å². The Morgan fingerprint density at radius 3 is 2.70 bits per heavy atom. The minimum absolute atomic E-state index is 0.0427. The molecule has 1 aliphatic rings. The Morgan fingerprint density at radius 1 is 1.25 bits per heavy atom. The Balaban J connectivity index is 1.81. The van der Waals surface area contributed by atoms with E-state index in [-0.39, 0.29) is 11.7 Å². The van der Waals surface area contributed by atoms with E-state index in [1.807, 2.05) is 30.1 Å². The molecule has 1 atom stereocenters. The van der Waals surface area contributed by atoms with Crippen LogP contribution >= 0.6 is 0 Å². The van der Waals surface area contributed by atoms with E-state index >= 15 is 0 Å². The molecule has 1 fully saturated rings. The number of Topliss-reactive ketones (excluding diaryl/α,β-unsaturated/α-hetero) is 1. The molecule has 1 N–H and O–H groups in total. The molecule has 4 nitrogen and oxygen atoms in total. The van der Waals surface area contributed by atoms with Crippen molar-refractivity contribution in [3.05, 3.63) is 35.9 Å². The smallest absolute Gasteiger partial charge is 0.223 e. The van der Waals surface area contributed by atoms with Crippen LogP contribution in [-0.4, -0.2) is 42.8 Å². The Hall–Kier alpha value is -1.68. The summed E-state index contributed by atoms with van der Waals surface area (Å²) in [4.78, 5) is 26.0. The van der Waals surface area contributed by atoms with Gasteiger partial charge in [0, 0.05) is 37.5 Å². The zero-order valence-electron chi connectivity index (χ0n) is 12.0. The van der Waals surface area contributed by atoms with Crippen LogP contribution in [0.3, 0.4) is 0 Å². The monoisotopic (exact) mass is 274 g/mol. The summed E-state index contributed by atoms with van der Waals surface area (Å²) in [7, 11) is 1.93. The number of carbonyl (C=O) groups excluding carboxylic acids is 2. The molecule has 1 unspecified atom stereocenters. The molecule has 0 aliphatic carbocycles. The van der Waals surface area contributed by atoms with Crippen molar-refractivity contribution in [1.29, 1.82) is 0 Å². The summed E-state index contributed by atoms with van der Waals surface area (Å²) in [5.74, 6) is 0.135. The van der Waals surface area contributed by atoms with Gasteiger partial charge >= 0.3 is 0 Å². The maximum Gasteiger partial charge on any atom is 0.223 e. The van der Waals surface area contributed by atoms with Gasteiger partial charge in [-0.3, -0.25) is 9.59 Å². The molecule has 108 valence electrons. The van der Waals surface area contributed by atoms with E-state index in [1.165, 1.54) is 0 Å². The van der Waals surface area contributed by atoms with E-state index in [1.54, 1.807) is 12.1 Å². The second kappa shape index (κ2) is 7.20. The van der Waals surface area contributed by atoms with Gasteiger partial charge in [-0.25, -0.2) is 0 Å². The number of likely N-dealkylation sites (tertiary alicyclic amines) is 1. The average molecular weight is 274 g/mol. The highest BCUT2D eigenvalue weighted by Crippen LogP contribution is 2.13. The number of hydrogen-bond donors (Lipinski definition) is 1. The molecule has 1 heterocycles. The second-order valence-corrected chi connectivity index (χ2v) is 5.26. The molecule has 0 saturated carbocycles. The number of carbonyl (C=O) groups is 2. The van der Waals surface area contributed by atoms with Gasteiger partial charge in [0.25, 0.3) is 0 Å². The summed E-state index contributed by atoms with van der Waals surface area (Å²) in [6, 6.07) is 9.55. The van der Waals surface area contributed by atoms with Crippen LogP contribution in [0.15, 0.2) is 30.3 Å². The average Bonchev–Trinajstić information content (AvgIpc) is 2.53. The second-order valence-electron chi connectivity index (χ2n) is 5.26. The fourth-order valence-electron chi connectivity index (χ4n) is 2.59. The first-order valence-electron chi connectivity index (χ1n) is 7.24. The standard InChI is InChI=1S/C16H22N2O2/c1-17-14-8-5-11-18(12-14)16(20)10-9-15(19)13-6-3-2-4-7-13/h2-4,6-7,14,17H,5,8-12H2,1H3. The molecule has 1 aromatic carbocycles. The van der Waals surface area contributed by atoms with E-state index in [4.69, 9.17) is 0 Å². The number of hydrogen-bond acceptors (Lipinski definition) is 3. The van der Waals surface area contributed by atoms with Crippen LogP contribution < -0.4 is 5.32 Å². The topological polar surface area (TPSA) is 49.4 Å². The fourth-order valence-corrected chi connectivity index (χ4v) is 2.59. The van der Waals surface area contributed by atoms with Gasteiger partial charge in [0.2, 0.25) is 5.91 Å². The van der Waals surface area contributed by atoms with E-state index in [0.29, 0.717) is 24.4 Å². The summed E-state index contributed by atoms with van der Waals surface area (Å²) in [6.07, 6.45) is 2.75. The molecule has 0 aromatic heterocycles. The SMILES string of the molecule is CNC1CCCN(C(=O)CCC(=O)c2ccccc2)C1. The molecule has 0 spiro atoms. The number of ketones is 1. The third-order valence-corrected chi connectivity index (χ3v) is 3.84. The van der Waals surface area contributed by atoms with Crippen molar-refractivity contribution in [2.45, 2.75) is 31.7 Å². The van der Waals surface area contributed by atoms with E-state index in [9.17, 15) is 9.59 Å². The third kappa shape index (κ3) is 3.90. The van der Waals surface area contributed by atoms with Crippen LogP contribution in [-0.2, 0) is 4.79 Å². The highest BCUT2D eigenvalue weighted by molar-refractivity contribution is 5.97. The number of benzene rings is 1. The number of piperidine rings is 1. The van der Waals surface area contributed by atoms with E-state index in [0.717, 1.165) is 25.9 Å². The maximum absolute atomic E-state index is 12.1. The predicted molar refractivity (Wildman–Crippen MR) is 78.7 cm³/mol. The van der Waals surface area contributed by atoms with Gasteiger partial charge in [-0.2, -0.15) is 0 Å². The fraction of sp³-hybridized carbons (Fsp3) is 0.500. The summed E-state index contributed by atoms with van der Waals surface area (Å²) < 4.78 is 0. The Bertz CT molecular complexity index is 459. The van der Waals surface area contributed by atoms with Gasteiger partial charge < -0.3 is 10.2 Å². The van der Waals surface area contributed by atoms with Crippen molar-refractivity contribution in [3.8, 4) is 0 Å².